The second-order valence-electron chi connectivity index (χ2n) is 1.98. The zero-order chi connectivity index (χ0) is 9.14. The van der Waals surface area contributed by atoms with Crippen molar-refractivity contribution in [3.05, 3.63) is 28.8 Å². The summed E-state index contributed by atoms with van der Waals surface area (Å²) in [6.07, 6.45) is 1.03. The van der Waals surface area contributed by atoms with E-state index in [2.05, 4.69) is 9.72 Å². The van der Waals surface area contributed by atoms with Crippen LogP contribution in [0.15, 0.2) is 12.3 Å². The van der Waals surface area contributed by atoms with E-state index in [0.717, 1.165) is 12.3 Å². The average Bonchev–Trinajstić information content (AvgIpc) is 2.03. The normalized spacial score (nSPS) is 9.58. The van der Waals surface area contributed by atoms with Crippen LogP contribution in [0.4, 0.5) is 4.39 Å². The summed E-state index contributed by atoms with van der Waals surface area (Å²) in [6, 6.07) is 0.952. The van der Waals surface area contributed by atoms with Crippen LogP contribution in [-0.2, 0) is 4.74 Å². The highest BCUT2D eigenvalue weighted by molar-refractivity contribution is 6.33. The Kier molecular flexibility index (Phi) is 2.60. The molecule has 1 aromatic heterocycles. The molecule has 64 valence electrons. The number of ether oxygens (including phenoxy) is 1. The van der Waals surface area contributed by atoms with Gasteiger partial charge in [-0.2, -0.15) is 4.39 Å². The van der Waals surface area contributed by atoms with Gasteiger partial charge >= 0.3 is 5.97 Å². The summed E-state index contributed by atoms with van der Waals surface area (Å²) in [5.74, 6) is -1.36. The molecule has 3 nitrogen and oxygen atoms in total. The molecule has 0 aliphatic rings. The zero-order valence-electron chi connectivity index (χ0n) is 6.17. The van der Waals surface area contributed by atoms with Crippen LogP contribution in [0.2, 0.25) is 5.02 Å². The minimum atomic E-state index is -0.729. The first-order valence-electron chi connectivity index (χ1n) is 3.04. The van der Waals surface area contributed by atoms with Gasteiger partial charge in [-0.1, -0.05) is 11.6 Å². The number of esters is 1. The molecule has 0 bridgehead atoms. The summed E-state index contributed by atoms with van der Waals surface area (Å²) in [5, 5.41) is -0.00523. The molecule has 0 unspecified atom stereocenters. The summed E-state index contributed by atoms with van der Waals surface area (Å²) >= 11 is 5.52. The van der Waals surface area contributed by atoms with Gasteiger partial charge in [-0.15, -0.1) is 0 Å². The van der Waals surface area contributed by atoms with Crippen LogP contribution in [0.5, 0.6) is 0 Å². The Bertz CT molecular complexity index is 316. The molecule has 0 amide bonds. The van der Waals surface area contributed by atoms with Crippen LogP contribution in [0.25, 0.3) is 0 Å². The van der Waals surface area contributed by atoms with E-state index in [1.165, 1.54) is 7.11 Å². The molecule has 0 fully saturated rings. The molecule has 0 saturated heterocycles. The van der Waals surface area contributed by atoms with E-state index in [1.54, 1.807) is 0 Å². The van der Waals surface area contributed by atoms with Crippen LogP contribution in [0.1, 0.15) is 10.4 Å². The maximum Gasteiger partial charge on any atom is 0.340 e. The van der Waals surface area contributed by atoms with E-state index in [9.17, 15) is 9.18 Å². The Morgan fingerprint density at radius 1 is 1.75 bits per heavy atom. The molecule has 1 rings (SSSR count). The minimum Gasteiger partial charge on any atom is -0.465 e. The maximum absolute atomic E-state index is 12.4. The predicted octanol–water partition coefficient (Wildman–Crippen LogP) is 1.66. The first-order valence-corrected chi connectivity index (χ1v) is 3.42. The largest absolute Gasteiger partial charge is 0.465 e. The monoisotopic (exact) mass is 189 g/mol. The molecule has 0 spiro atoms. The third-order valence-corrected chi connectivity index (χ3v) is 1.54. The van der Waals surface area contributed by atoms with Gasteiger partial charge in [0.15, 0.2) is 0 Å². The van der Waals surface area contributed by atoms with Crippen molar-refractivity contribution >= 4 is 17.6 Å². The van der Waals surface area contributed by atoms with E-state index in [4.69, 9.17) is 11.6 Å². The van der Waals surface area contributed by atoms with Crippen molar-refractivity contribution in [1.29, 1.82) is 0 Å². The molecule has 1 heterocycles. The number of rotatable bonds is 1. The maximum atomic E-state index is 12.4. The van der Waals surface area contributed by atoms with Gasteiger partial charge in [0.2, 0.25) is 5.95 Å². The fourth-order valence-electron chi connectivity index (χ4n) is 0.668. The molecular formula is C7H5ClFNO2. The Hall–Kier alpha value is -1.16. The number of carbonyl (C=O) groups excluding carboxylic acids is 1. The predicted molar refractivity (Wildman–Crippen MR) is 40.5 cm³/mol. The molecule has 0 radical (unpaired) electrons. The van der Waals surface area contributed by atoms with Crippen LogP contribution < -0.4 is 0 Å². The van der Waals surface area contributed by atoms with Crippen molar-refractivity contribution in [3.8, 4) is 0 Å². The number of hydrogen-bond donors (Lipinski definition) is 0. The van der Waals surface area contributed by atoms with Gasteiger partial charge in [0.05, 0.1) is 17.7 Å². The highest BCUT2D eigenvalue weighted by Crippen LogP contribution is 2.15. The number of hydrogen-bond acceptors (Lipinski definition) is 3. The summed E-state index contributed by atoms with van der Waals surface area (Å²) < 4.78 is 16.7. The number of halogens is 2. The Labute approximate surface area is 73.1 Å². The van der Waals surface area contributed by atoms with E-state index >= 15 is 0 Å². The molecule has 0 atom stereocenters. The molecule has 0 saturated carbocycles. The molecule has 0 aromatic carbocycles. The van der Waals surface area contributed by atoms with Gasteiger partial charge < -0.3 is 4.74 Å². The number of nitrogens with zero attached hydrogens (tertiary/aromatic N) is 1. The molecule has 5 heteroatoms. The summed E-state index contributed by atoms with van der Waals surface area (Å²) in [4.78, 5) is 14.1. The van der Waals surface area contributed by atoms with E-state index in [1.807, 2.05) is 0 Å². The van der Waals surface area contributed by atoms with Crippen molar-refractivity contribution < 1.29 is 13.9 Å². The standard InChI is InChI=1S/C7H5ClFNO2/c1-12-7(11)4-3-10-6(9)2-5(4)8/h2-3H,1H3. The van der Waals surface area contributed by atoms with Crippen LogP contribution in [-0.4, -0.2) is 18.1 Å². The highest BCUT2D eigenvalue weighted by Gasteiger charge is 2.11. The second kappa shape index (κ2) is 3.49. The highest BCUT2D eigenvalue weighted by atomic mass is 35.5. The lowest BCUT2D eigenvalue weighted by Crippen LogP contribution is -2.03. The third kappa shape index (κ3) is 1.71. The number of pyridine rings is 1. The van der Waals surface area contributed by atoms with Crippen molar-refractivity contribution in [2.45, 2.75) is 0 Å². The number of carbonyl (C=O) groups is 1. The average molecular weight is 190 g/mol. The van der Waals surface area contributed by atoms with E-state index < -0.39 is 11.9 Å². The van der Waals surface area contributed by atoms with Gasteiger partial charge in [-0.25, -0.2) is 9.78 Å². The molecule has 0 N–H and O–H groups in total. The minimum absolute atomic E-state index is 0.00523. The quantitative estimate of drug-likeness (QED) is 0.498. The molecule has 1 aromatic rings. The fraction of sp³-hybridized carbons (Fsp3) is 0.143. The Balaban J connectivity index is 3.09. The Morgan fingerprint density at radius 2 is 2.42 bits per heavy atom. The third-order valence-electron chi connectivity index (χ3n) is 1.23. The van der Waals surface area contributed by atoms with Crippen molar-refractivity contribution in [1.82, 2.24) is 4.98 Å². The van der Waals surface area contributed by atoms with Crippen molar-refractivity contribution in [3.63, 3.8) is 0 Å². The smallest absolute Gasteiger partial charge is 0.340 e. The van der Waals surface area contributed by atoms with E-state index in [0.29, 0.717) is 0 Å². The molecule has 0 aliphatic carbocycles. The lowest BCUT2D eigenvalue weighted by Gasteiger charge is -1.99. The van der Waals surface area contributed by atoms with Gasteiger partial charge in [-0.3, -0.25) is 0 Å². The second-order valence-corrected chi connectivity index (χ2v) is 2.39. The molecular weight excluding hydrogens is 185 g/mol. The molecule has 0 aliphatic heterocycles. The van der Waals surface area contributed by atoms with Crippen molar-refractivity contribution in [2.24, 2.45) is 0 Å². The van der Waals surface area contributed by atoms with Gasteiger partial charge in [0.1, 0.15) is 0 Å². The molecule has 12 heavy (non-hydrogen) atoms. The van der Waals surface area contributed by atoms with E-state index in [-0.39, 0.29) is 10.6 Å². The van der Waals surface area contributed by atoms with Crippen LogP contribution in [0, 0.1) is 5.95 Å². The van der Waals surface area contributed by atoms with Crippen molar-refractivity contribution in [2.75, 3.05) is 7.11 Å². The number of methoxy groups -OCH3 is 1. The lowest BCUT2D eigenvalue weighted by atomic mass is 10.3. The first-order chi connectivity index (χ1) is 5.65. The zero-order valence-corrected chi connectivity index (χ0v) is 6.93. The summed E-state index contributed by atoms with van der Waals surface area (Å²) in [5.41, 5.74) is 0.0561. The number of aromatic nitrogens is 1. The van der Waals surface area contributed by atoms with Gasteiger partial charge in [0, 0.05) is 12.3 Å². The topological polar surface area (TPSA) is 39.2 Å². The summed E-state index contributed by atoms with van der Waals surface area (Å²) in [6.45, 7) is 0. The van der Waals surface area contributed by atoms with Gasteiger partial charge in [0.25, 0.3) is 0 Å². The lowest BCUT2D eigenvalue weighted by molar-refractivity contribution is 0.0600. The fourth-order valence-corrected chi connectivity index (χ4v) is 0.884. The van der Waals surface area contributed by atoms with Crippen LogP contribution in [0.3, 0.4) is 0 Å². The first kappa shape index (κ1) is 8.93. The van der Waals surface area contributed by atoms with Gasteiger partial charge in [-0.05, 0) is 0 Å². The van der Waals surface area contributed by atoms with Crippen LogP contribution >= 0.6 is 11.6 Å². The Morgan fingerprint density at radius 3 is 2.92 bits per heavy atom. The SMILES string of the molecule is COC(=O)c1cnc(F)cc1Cl. The summed E-state index contributed by atoms with van der Waals surface area (Å²) in [7, 11) is 1.21.